The Morgan fingerprint density at radius 2 is 2.15 bits per heavy atom. The minimum absolute atomic E-state index is 0.464. The van der Waals surface area contributed by atoms with Gasteiger partial charge in [0.1, 0.15) is 5.15 Å². The van der Waals surface area contributed by atoms with E-state index in [1.54, 1.807) is 0 Å². The molecule has 1 aromatic carbocycles. The molecule has 1 N–H and O–H groups in total. The maximum Gasteiger partial charge on any atom is 0.132 e. The molecule has 1 aliphatic carbocycles. The summed E-state index contributed by atoms with van der Waals surface area (Å²) in [6, 6.07) is 9.10. The van der Waals surface area contributed by atoms with Crippen molar-refractivity contribution in [3.05, 3.63) is 56.8 Å². The van der Waals surface area contributed by atoms with E-state index in [1.165, 1.54) is 15.6 Å². The molecule has 0 saturated heterocycles. The molecule has 104 valence electrons. The fraction of sp³-hybridized carbons (Fsp3) is 0.312. The standard InChI is InChI=1S/C16H16BrClN2/c1-10-6-15(9-19-16(10)18)20-14-5-3-11-7-13(17)4-2-12(11)8-14/h2,4,6-7,9,14,20H,3,5,8H2,1H3. The molecule has 0 saturated carbocycles. The second kappa shape index (κ2) is 5.74. The van der Waals surface area contributed by atoms with Crippen molar-refractivity contribution in [2.24, 2.45) is 0 Å². The van der Waals surface area contributed by atoms with Crippen LogP contribution in [0.3, 0.4) is 0 Å². The Morgan fingerprint density at radius 1 is 1.30 bits per heavy atom. The van der Waals surface area contributed by atoms with Gasteiger partial charge in [0.05, 0.1) is 11.9 Å². The van der Waals surface area contributed by atoms with Crippen LogP contribution in [0.5, 0.6) is 0 Å². The van der Waals surface area contributed by atoms with E-state index in [1.807, 2.05) is 13.1 Å². The van der Waals surface area contributed by atoms with E-state index in [9.17, 15) is 0 Å². The highest BCUT2D eigenvalue weighted by molar-refractivity contribution is 9.10. The summed E-state index contributed by atoms with van der Waals surface area (Å²) in [5.41, 5.74) is 4.97. The van der Waals surface area contributed by atoms with E-state index in [4.69, 9.17) is 11.6 Å². The van der Waals surface area contributed by atoms with Gasteiger partial charge < -0.3 is 5.32 Å². The number of nitrogens with one attached hydrogen (secondary N) is 1. The first kappa shape index (κ1) is 13.9. The van der Waals surface area contributed by atoms with Crippen LogP contribution in [0, 0.1) is 6.92 Å². The highest BCUT2D eigenvalue weighted by Crippen LogP contribution is 2.27. The third-order valence-electron chi connectivity index (χ3n) is 3.78. The Labute approximate surface area is 132 Å². The highest BCUT2D eigenvalue weighted by atomic mass is 79.9. The first-order valence-corrected chi connectivity index (χ1v) is 7.95. The Kier molecular flexibility index (Phi) is 3.99. The summed E-state index contributed by atoms with van der Waals surface area (Å²) in [6.45, 7) is 1.98. The SMILES string of the molecule is Cc1cc(NC2CCc3cc(Br)ccc3C2)cnc1Cl. The van der Waals surface area contributed by atoms with Gasteiger partial charge in [-0.25, -0.2) is 4.98 Å². The second-order valence-electron chi connectivity index (χ2n) is 5.33. The molecule has 1 atom stereocenters. The Balaban J connectivity index is 1.74. The fourth-order valence-electron chi connectivity index (χ4n) is 2.72. The van der Waals surface area contributed by atoms with E-state index in [0.29, 0.717) is 11.2 Å². The molecule has 1 heterocycles. The van der Waals surface area contributed by atoms with E-state index >= 15 is 0 Å². The van der Waals surface area contributed by atoms with Crippen molar-refractivity contribution in [1.82, 2.24) is 4.98 Å². The number of hydrogen-bond donors (Lipinski definition) is 1. The van der Waals surface area contributed by atoms with Gasteiger partial charge in [0, 0.05) is 10.5 Å². The van der Waals surface area contributed by atoms with E-state index in [0.717, 1.165) is 30.5 Å². The van der Waals surface area contributed by atoms with E-state index in [-0.39, 0.29) is 0 Å². The molecule has 2 aromatic rings. The number of anilines is 1. The van der Waals surface area contributed by atoms with Crippen LogP contribution in [0.4, 0.5) is 5.69 Å². The molecule has 20 heavy (non-hydrogen) atoms. The zero-order valence-electron chi connectivity index (χ0n) is 11.3. The van der Waals surface area contributed by atoms with Crippen LogP contribution in [0.25, 0.3) is 0 Å². The van der Waals surface area contributed by atoms with Gasteiger partial charge in [0.25, 0.3) is 0 Å². The summed E-state index contributed by atoms with van der Waals surface area (Å²) in [5, 5.41) is 4.15. The Bertz CT molecular complexity index is 642. The fourth-order valence-corrected chi connectivity index (χ4v) is 3.23. The number of hydrogen-bond acceptors (Lipinski definition) is 2. The van der Waals surface area contributed by atoms with Crippen molar-refractivity contribution >= 4 is 33.2 Å². The summed E-state index contributed by atoms with van der Waals surface area (Å²) in [5.74, 6) is 0. The molecule has 1 unspecified atom stereocenters. The van der Waals surface area contributed by atoms with Crippen LogP contribution >= 0.6 is 27.5 Å². The molecule has 0 bridgehead atoms. The number of halogens is 2. The molecule has 1 aliphatic rings. The van der Waals surface area contributed by atoms with E-state index in [2.05, 4.69) is 50.5 Å². The maximum atomic E-state index is 5.96. The largest absolute Gasteiger partial charge is 0.381 e. The number of fused-ring (bicyclic) bond motifs is 1. The van der Waals surface area contributed by atoms with Crippen molar-refractivity contribution in [2.75, 3.05) is 5.32 Å². The van der Waals surface area contributed by atoms with Gasteiger partial charge in [-0.1, -0.05) is 33.6 Å². The molecule has 2 nitrogen and oxygen atoms in total. The van der Waals surface area contributed by atoms with Gasteiger partial charge >= 0.3 is 0 Å². The van der Waals surface area contributed by atoms with Gasteiger partial charge in [-0.15, -0.1) is 0 Å². The third kappa shape index (κ3) is 2.99. The average Bonchev–Trinajstić information content (AvgIpc) is 2.43. The van der Waals surface area contributed by atoms with Crippen molar-refractivity contribution in [2.45, 2.75) is 32.2 Å². The number of aryl methyl sites for hydroxylation is 2. The lowest BCUT2D eigenvalue weighted by Crippen LogP contribution is -2.27. The maximum absolute atomic E-state index is 5.96. The van der Waals surface area contributed by atoms with Crippen molar-refractivity contribution in [1.29, 1.82) is 0 Å². The van der Waals surface area contributed by atoms with Crippen molar-refractivity contribution in [3.8, 4) is 0 Å². The minimum atomic E-state index is 0.464. The molecule has 1 aromatic heterocycles. The Hall–Kier alpha value is -1.06. The molecule has 0 spiro atoms. The summed E-state index contributed by atoms with van der Waals surface area (Å²) in [6.07, 6.45) is 5.13. The lowest BCUT2D eigenvalue weighted by molar-refractivity contribution is 0.610. The predicted octanol–water partition coefficient (Wildman–Crippen LogP) is 4.78. The van der Waals surface area contributed by atoms with Crippen LogP contribution < -0.4 is 5.32 Å². The smallest absolute Gasteiger partial charge is 0.132 e. The van der Waals surface area contributed by atoms with Crippen molar-refractivity contribution < 1.29 is 0 Å². The van der Waals surface area contributed by atoms with Gasteiger partial charge in [0.15, 0.2) is 0 Å². The molecule has 0 radical (unpaired) electrons. The van der Waals surface area contributed by atoms with Gasteiger partial charge in [-0.05, 0) is 61.1 Å². The van der Waals surface area contributed by atoms with E-state index < -0.39 is 0 Å². The summed E-state index contributed by atoms with van der Waals surface area (Å²) >= 11 is 9.50. The molecule has 0 fully saturated rings. The first-order chi connectivity index (χ1) is 9.61. The average molecular weight is 352 g/mol. The van der Waals surface area contributed by atoms with Crippen LogP contribution in [0.2, 0.25) is 5.15 Å². The number of aromatic nitrogens is 1. The quantitative estimate of drug-likeness (QED) is 0.788. The molecule has 0 amide bonds. The first-order valence-electron chi connectivity index (χ1n) is 6.78. The number of benzene rings is 1. The predicted molar refractivity (Wildman–Crippen MR) is 87.6 cm³/mol. The molecule has 0 aliphatic heterocycles. The molecule has 3 rings (SSSR count). The van der Waals surface area contributed by atoms with Gasteiger partial charge in [-0.2, -0.15) is 0 Å². The van der Waals surface area contributed by atoms with Gasteiger partial charge in [0.2, 0.25) is 0 Å². The zero-order chi connectivity index (χ0) is 14.1. The molecule has 4 heteroatoms. The topological polar surface area (TPSA) is 24.9 Å². The summed E-state index contributed by atoms with van der Waals surface area (Å²) < 4.78 is 1.17. The lowest BCUT2D eigenvalue weighted by Gasteiger charge is -2.26. The second-order valence-corrected chi connectivity index (χ2v) is 6.60. The van der Waals surface area contributed by atoms with Crippen LogP contribution in [-0.2, 0) is 12.8 Å². The monoisotopic (exact) mass is 350 g/mol. The number of pyridine rings is 1. The zero-order valence-corrected chi connectivity index (χ0v) is 13.6. The summed E-state index contributed by atoms with van der Waals surface area (Å²) in [4.78, 5) is 4.20. The molecular formula is C16H16BrClN2. The third-order valence-corrected chi connectivity index (χ3v) is 4.67. The Morgan fingerprint density at radius 3 is 2.95 bits per heavy atom. The highest BCUT2D eigenvalue weighted by Gasteiger charge is 2.18. The summed E-state index contributed by atoms with van der Waals surface area (Å²) in [7, 11) is 0. The van der Waals surface area contributed by atoms with Gasteiger partial charge in [-0.3, -0.25) is 0 Å². The van der Waals surface area contributed by atoms with Crippen LogP contribution in [0.15, 0.2) is 34.9 Å². The van der Waals surface area contributed by atoms with Crippen LogP contribution in [0.1, 0.15) is 23.1 Å². The van der Waals surface area contributed by atoms with Crippen molar-refractivity contribution in [3.63, 3.8) is 0 Å². The number of nitrogens with zero attached hydrogens (tertiary/aromatic N) is 1. The number of rotatable bonds is 2. The lowest BCUT2D eigenvalue weighted by atomic mass is 9.88. The minimum Gasteiger partial charge on any atom is -0.381 e. The normalized spacial score (nSPS) is 17.6. The molecular weight excluding hydrogens is 336 g/mol. The van der Waals surface area contributed by atoms with Crippen LogP contribution in [-0.4, -0.2) is 11.0 Å².